The van der Waals surface area contributed by atoms with Gasteiger partial charge in [-0.05, 0) is 47.7 Å². The van der Waals surface area contributed by atoms with Gasteiger partial charge in [0.15, 0.2) is 5.82 Å². The zero-order valence-electron chi connectivity index (χ0n) is 10.9. The molecule has 2 heterocycles. The van der Waals surface area contributed by atoms with E-state index in [1.807, 2.05) is 0 Å². The Morgan fingerprint density at radius 2 is 2.26 bits per heavy atom. The maximum Gasteiger partial charge on any atom is 0.171 e. The van der Waals surface area contributed by atoms with Crippen LogP contribution < -0.4 is 5.32 Å². The summed E-state index contributed by atoms with van der Waals surface area (Å²) >= 11 is 5.17. The summed E-state index contributed by atoms with van der Waals surface area (Å²) in [7, 11) is 0. The molecule has 2 aromatic rings. The number of fused-ring (bicyclic) bond motifs is 1. The van der Waals surface area contributed by atoms with Crippen LogP contribution in [0.3, 0.4) is 0 Å². The van der Waals surface area contributed by atoms with Crippen LogP contribution in [0.15, 0.2) is 15.9 Å². The smallest absolute Gasteiger partial charge is 0.171 e. The molecular weight excluding hydrogens is 322 g/mol. The quantitative estimate of drug-likeness (QED) is 0.904. The molecule has 0 amide bonds. The largest absolute Gasteiger partial charge is 0.370 e. The first-order valence-electron chi connectivity index (χ1n) is 6.66. The van der Waals surface area contributed by atoms with Crippen molar-refractivity contribution in [2.24, 2.45) is 0 Å². The van der Waals surface area contributed by atoms with Gasteiger partial charge in [-0.2, -0.15) is 0 Å². The molecule has 19 heavy (non-hydrogen) atoms. The lowest BCUT2D eigenvalue weighted by atomic mass is 10.2. The average Bonchev–Trinajstić information content (AvgIpc) is 3.03. The maximum atomic E-state index is 4.74. The third-order valence-electron chi connectivity index (χ3n) is 3.26. The molecule has 0 unspecified atom stereocenters. The van der Waals surface area contributed by atoms with Crippen LogP contribution >= 0.6 is 27.3 Å². The first-order valence-corrected chi connectivity index (χ1v) is 8.33. The van der Waals surface area contributed by atoms with Crippen LogP contribution in [-0.2, 0) is 12.8 Å². The molecule has 0 spiro atoms. The van der Waals surface area contributed by atoms with E-state index in [9.17, 15) is 0 Å². The van der Waals surface area contributed by atoms with Crippen molar-refractivity contribution < 1.29 is 0 Å². The average molecular weight is 338 g/mol. The minimum Gasteiger partial charge on any atom is -0.370 e. The number of anilines is 1. The van der Waals surface area contributed by atoms with Crippen LogP contribution in [0.25, 0.3) is 10.7 Å². The zero-order valence-corrected chi connectivity index (χ0v) is 13.3. The summed E-state index contributed by atoms with van der Waals surface area (Å²) in [5, 5.41) is 5.53. The van der Waals surface area contributed by atoms with Gasteiger partial charge in [-0.25, -0.2) is 9.97 Å². The van der Waals surface area contributed by atoms with Gasteiger partial charge in [0.1, 0.15) is 5.82 Å². The van der Waals surface area contributed by atoms with E-state index in [2.05, 4.69) is 39.6 Å². The number of nitrogens with zero attached hydrogens (tertiary/aromatic N) is 2. The van der Waals surface area contributed by atoms with Crippen LogP contribution in [0, 0.1) is 0 Å². The van der Waals surface area contributed by atoms with Crippen molar-refractivity contribution in [2.45, 2.75) is 32.6 Å². The van der Waals surface area contributed by atoms with Gasteiger partial charge >= 0.3 is 0 Å². The van der Waals surface area contributed by atoms with Crippen LogP contribution in [0.5, 0.6) is 0 Å². The van der Waals surface area contributed by atoms with Crippen molar-refractivity contribution in [2.75, 3.05) is 11.9 Å². The Kier molecular flexibility index (Phi) is 3.84. The minimum atomic E-state index is 0.856. The van der Waals surface area contributed by atoms with Crippen molar-refractivity contribution in [3.8, 4) is 10.7 Å². The zero-order chi connectivity index (χ0) is 13.2. The number of thiophene rings is 1. The van der Waals surface area contributed by atoms with Gasteiger partial charge in [-0.3, -0.25) is 0 Å². The minimum absolute atomic E-state index is 0.856. The van der Waals surface area contributed by atoms with E-state index in [4.69, 9.17) is 9.97 Å². The molecule has 0 saturated heterocycles. The Morgan fingerprint density at radius 1 is 1.37 bits per heavy atom. The number of nitrogens with one attached hydrogen (secondary N) is 1. The first-order chi connectivity index (χ1) is 9.28. The molecular formula is C14H16BrN3S. The lowest BCUT2D eigenvalue weighted by molar-refractivity contribution is 0.899. The van der Waals surface area contributed by atoms with E-state index in [0.717, 1.165) is 46.8 Å². The fraction of sp³-hybridized carbons (Fsp3) is 0.429. The summed E-state index contributed by atoms with van der Waals surface area (Å²) in [6, 6.07) is 2.09. The number of hydrogen-bond acceptors (Lipinski definition) is 4. The number of aromatic nitrogens is 2. The molecule has 0 aromatic carbocycles. The molecule has 2 aromatic heterocycles. The topological polar surface area (TPSA) is 37.8 Å². The van der Waals surface area contributed by atoms with E-state index >= 15 is 0 Å². The molecule has 0 atom stereocenters. The number of aryl methyl sites for hydroxylation is 1. The Balaban J connectivity index is 2.02. The fourth-order valence-electron chi connectivity index (χ4n) is 2.36. The van der Waals surface area contributed by atoms with Crippen LogP contribution in [0.1, 0.15) is 31.0 Å². The maximum absolute atomic E-state index is 4.74. The van der Waals surface area contributed by atoms with Gasteiger partial charge in [0.05, 0.1) is 4.88 Å². The second-order valence-corrected chi connectivity index (χ2v) is 6.56. The number of halogens is 1. The van der Waals surface area contributed by atoms with Gasteiger partial charge in [0.2, 0.25) is 0 Å². The summed E-state index contributed by atoms with van der Waals surface area (Å²) in [4.78, 5) is 10.6. The third-order valence-corrected chi connectivity index (χ3v) is 4.95. The molecule has 3 rings (SSSR count). The highest BCUT2D eigenvalue weighted by Gasteiger charge is 2.20. The molecule has 0 aliphatic heterocycles. The van der Waals surface area contributed by atoms with Crippen LogP contribution in [0.4, 0.5) is 5.82 Å². The third kappa shape index (κ3) is 2.67. The van der Waals surface area contributed by atoms with Crippen LogP contribution in [0.2, 0.25) is 0 Å². The predicted molar refractivity (Wildman–Crippen MR) is 83.9 cm³/mol. The monoisotopic (exact) mass is 337 g/mol. The Labute approximate surface area is 125 Å². The molecule has 1 N–H and O–H groups in total. The molecule has 0 saturated carbocycles. The summed E-state index contributed by atoms with van der Waals surface area (Å²) in [6.07, 6.45) is 4.50. The lowest BCUT2D eigenvalue weighted by Crippen LogP contribution is -2.07. The molecule has 0 bridgehead atoms. The van der Waals surface area contributed by atoms with Crippen molar-refractivity contribution in [3.63, 3.8) is 0 Å². The molecule has 1 aliphatic rings. The van der Waals surface area contributed by atoms with Crippen LogP contribution in [-0.4, -0.2) is 16.5 Å². The normalized spacial score (nSPS) is 13.6. The van der Waals surface area contributed by atoms with Gasteiger partial charge in [-0.15, -0.1) is 11.3 Å². The molecule has 0 fully saturated rings. The van der Waals surface area contributed by atoms with Crippen molar-refractivity contribution >= 4 is 33.1 Å². The standard InChI is InChI=1S/C14H16BrN3S/c1-2-6-16-13-10-4-3-5-11(10)17-14(18-13)12-7-9(15)8-19-12/h7-8H,2-6H2,1H3,(H,16,17,18). The molecule has 3 nitrogen and oxygen atoms in total. The van der Waals surface area contributed by atoms with Crippen molar-refractivity contribution in [1.29, 1.82) is 0 Å². The fourth-order valence-corrected chi connectivity index (χ4v) is 3.72. The number of rotatable bonds is 4. The SMILES string of the molecule is CCCNc1nc(-c2cc(Br)cs2)nc2c1CCC2. The van der Waals surface area contributed by atoms with Gasteiger partial charge in [-0.1, -0.05) is 6.92 Å². The van der Waals surface area contributed by atoms with E-state index in [1.54, 1.807) is 11.3 Å². The molecule has 0 radical (unpaired) electrons. The highest BCUT2D eigenvalue weighted by Crippen LogP contribution is 2.32. The van der Waals surface area contributed by atoms with Crippen molar-refractivity contribution in [1.82, 2.24) is 9.97 Å². The summed E-state index contributed by atoms with van der Waals surface area (Å²) < 4.78 is 1.10. The summed E-state index contributed by atoms with van der Waals surface area (Å²) in [5.41, 5.74) is 2.56. The highest BCUT2D eigenvalue weighted by atomic mass is 79.9. The first kappa shape index (κ1) is 13.1. The molecule has 100 valence electrons. The van der Waals surface area contributed by atoms with Gasteiger partial charge in [0.25, 0.3) is 0 Å². The lowest BCUT2D eigenvalue weighted by Gasteiger charge is -2.10. The van der Waals surface area contributed by atoms with E-state index in [1.165, 1.54) is 17.7 Å². The highest BCUT2D eigenvalue weighted by molar-refractivity contribution is 9.10. The predicted octanol–water partition coefficient (Wildman–Crippen LogP) is 4.28. The van der Waals surface area contributed by atoms with Gasteiger partial charge < -0.3 is 5.32 Å². The van der Waals surface area contributed by atoms with E-state index in [0.29, 0.717) is 0 Å². The Bertz CT molecular complexity index is 594. The second kappa shape index (κ2) is 5.59. The summed E-state index contributed by atoms with van der Waals surface area (Å²) in [5.74, 6) is 1.90. The van der Waals surface area contributed by atoms with E-state index < -0.39 is 0 Å². The van der Waals surface area contributed by atoms with E-state index in [-0.39, 0.29) is 0 Å². The van der Waals surface area contributed by atoms with Crippen molar-refractivity contribution in [3.05, 3.63) is 27.2 Å². The molecule has 1 aliphatic carbocycles. The number of hydrogen-bond donors (Lipinski definition) is 1. The Hall–Kier alpha value is -0.940. The second-order valence-electron chi connectivity index (χ2n) is 4.73. The van der Waals surface area contributed by atoms with Gasteiger partial charge in [0, 0.05) is 27.7 Å². The molecule has 5 heteroatoms. The Morgan fingerprint density at radius 3 is 3.00 bits per heavy atom. The summed E-state index contributed by atoms with van der Waals surface area (Å²) in [6.45, 7) is 3.14.